The predicted octanol–water partition coefficient (Wildman–Crippen LogP) is 4.66. The Morgan fingerprint density at radius 1 is 0.917 bits per heavy atom. The largest absolute Gasteiger partial charge is 0.472 e. The molecule has 4 rings (SSSR count). The summed E-state index contributed by atoms with van der Waals surface area (Å²) in [6.45, 7) is 3.29. The summed E-state index contributed by atoms with van der Waals surface area (Å²) in [4.78, 5) is 2.60. The van der Waals surface area contributed by atoms with Gasteiger partial charge < -0.3 is 4.42 Å². The van der Waals surface area contributed by atoms with Crippen LogP contribution in [0.2, 0.25) is 0 Å². The zero-order valence-corrected chi connectivity index (χ0v) is 13.9. The van der Waals surface area contributed by atoms with Crippen molar-refractivity contribution in [3.8, 4) is 0 Å². The Morgan fingerprint density at radius 3 is 2.58 bits per heavy atom. The van der Waals surface area contributed by atoms with E-state index in [0.717, 1.165) is 32.5 Å². The van der Waals surface area contributed by atoms with Crippen LogP contribution in [0.15, 0.2) is 77.6 Å². The van der Waals surface area contributed by atoms with Crippen molar-refractivity contribution in [3.05, 3.63) is 95.4 Å². The predicted molar refractivity (Wildman–Crippen MR) is 97.0 cm³/mol. The highest BCUT2D eigenvalue weighted by Gasteiger charge is 2.25. The minimum absolute atomic E-state index is 0.545. The third-order valence-electron chi connectivity index (χ3n) is 4.99. The van der Waals surface area contributed by atoms with Gasteiger partial charge in [-0.1, -0.05) is 54.6 Å². The number of nitrogens with zero attached hydrogens (tertiary/aromatic N) is 1. The maximum Gasteiger partial charge on any atom is 0.0934 e. The fourth-order valence-electron chi connectivity index (χ4n) is 3.76. The average Bonchev–Trinajstić information content (AvgIpc) is 3.14. The molecule has 1 unspecified atom stereocenters. The van der Waals surface area contributed by atoms with Crippen LogP contribution in [0.25, 0.3) is 0 Å². The van der Waals surface area contributed by atoms with E-state index in [0.29, 0.717) is 5.92 Å². The van der Waals surface area contributed by atoms with Crippen LogP contribution in [0.4, 0.5) is 0 Å². The van der Waals surface area contributed by atoms with Crippen molar-refractivity contribution < 1.29 is 4.42 Å². The highest BCUT2D eigenvalue weighted by molar-refractivity contribution is 5.34. The number of hydrogen-bond donors (Lipinski definition) is 0. The minimum atomic E-state index is 0.545. The Hall–Kier alpha value is -2.32. The van der Waals surface area contributed by atoms with Crippen LogP contribution in [-0.4, -0.2) is 18.0 Å². The van der Waals surface area contributed by atoms with E-state index in [1.807, 2.05) is 6.26 Å². The maximum atomic E-state index is 5.26. The van der Waals surface area contributed by atoms with Crippen LogP contribution in [0, 0.1) is 0 Å². The SMILES string of the molecule is c1ccc(CCN2Cc3ccccc3C(Cc3ccoc3)C2)cc1. The summed E-state index contributed by atoms with van der Waals surface area (Å²) in [6.07, 6.45) is 5.82. The summed E-state index contributed by atoms with van der Waals surface area (Å²) >= 11 is 0. The third kappa shape index (κ3) is 3.44. The van der Waals surface area contributed by atoms with Gasteiger partial charge in [0.1, 0.15) is 0 Å². The smallest absolute Gasteiger partial charge is 0.0934 e. The Kier molecular flexibility index (Phi) is 4.48. The molecule has 0 spiro atoms. The summed E-state index contributed by atoms with van der Waals surface area (Å²) in [5, 5.41) is 0. The molecular weight excluding hydrogens is 294 g/mol. The molecule has 1 aliphatic rings. The summed E-state index contributed by atoms with van der Waals surface area (Å²) in [5.41, 5.74) is 5.70. The molecule has 0 saturated carbocycles. The third-order valence-corrected chi connectivity index (χ3v) is 4.99. The van der Waals surface area contributed by atoms with Crippen molar-refractivity contribution in [1.82, 2.24) is 4.90 Å². The van der Waals surface area contributed by atoms with Gasteiger partial charge in [0, 0.05) is 25.6 Å². The van der Waals surface area contributed by atoms with E-state index in [-0.39, 0.29) is 0 Å². The van der Waals surface area contributed by atoms with Gasteiger partial charge >= 0.3 is 0 Å². The highest BCUT2D eigenvalue weighted by Crippen LogP contribution is 2.31. The first-order valence-electron chi connectivity index (χ1n) is 8.73. The summed E-state index contributed by atoms with van der Waals surface area (Å²) < 4.78 is 5.26. The van der Waals surface area contributed by atoms with E-state index in [1.165, 1.54) is 22.3 Å². The van der Waals surface area contributed by atoms with Crippen LogP contribution >= 0.6 is 0 Å². The zero-order valence-electron chi connectivity index (χ0n) is 13.9. The monoisotopic (exact) mass is 317 g/mol. The quantitative estimate of drug-likeness (QED) is 0.680. The zero-order chi connectivity index (χ0) is 16.2. The summed E-state index contributed by atoms with van der Waals surface area (Å²) in [6, 6.07) is 21.8. The lowest BCUT2D eigenvalue weighted by Crippen LogP contribution is -2.35. The highest BCUT2D eigenvalue weighted by atomic mass is 16.3. The van der Waals surface area contributed by atoms with Crippen LogP contribution in [-0.2, 0) is 19.4 Å². The number of furan rings is 1. The number of hydrogen-bond acceptors (Lipinski definition) is 2. The van der Waals surface area contributed by atoms with Gasteiger partial charge in [0.05, 0.1) is 12.5 Å². The molecule has 1 aromatic heterocycles. The molecule has 2 heteroatoms. The Morgan fingerprint density at radius 2 is 1.75 bits per heavy atom. The van der Waals surface area contributed by atoms with Gasteiger partial charge in [0.15, 0.2) is 0 Å². The van der Waals surface area contributed by atoms with E-state index >= 15 is 0 Å². The normalized spacial score (nSPS) is 17.6. The van der Waals surface area contributed by atoms with Crippen molar-refractivity contribution in [3.63, 3.8) is 0 Å². The first-order valence-corrected chi connectivity index (χ1v) is 8.73. The second-order valence-corrected chi connectivity index (χ2v) is 6.70. The van der Waals surface area contributed by atoms with E-state index in [2.05, 4.69) is 65.6 Å². The molecule has 1 aliphatic heterocycles. The molecule has 2 nitrogen and oxygen atoms in total. The summed E-state index contributed by atoms with van der Waals surface area (Å²) in [7, 11) is 0. The van der Waals surface area contributed by atoms with Crippen molar-refractivity contribution in [2.24, 2.45) is 0 Å². The van der Waals surface area contributed by atoms with Crippen molar-refractivity contribution in [2.45, 2.75) is 25.3 Å². The lowest BCUT2D eigenvalue weighted by molar-refractivity contribution is 0.231. The number of benzene rings is 2. The van der Waals surface area contributed by atoms with Crippen molar-refractivity contribution >= 4 is 0 Å². The molecule has 2 heterocycles. The first kappa shape index (κ1) is 15.2. The van der Waals surface area contributed by atoms with Crippen LogP contribution in [0.3, 0.4) is 0 Å². The van der Waals surface area contributed by atoms with Gasteiger partial charge in [0.25, 0.3) is 0 Å². The van der Waals surface area contributed by atoms with E-state index < -0.39 is 0 Å². The summed E-state index contributed by atoms with van der Waals surface area (Å²) in [5.74, 6) is 0.545. The Bertz CT molecular complexity index is 764. The minimum Gasteiger partial charge on any atom is -0.472 e. The van der Waals surface area contributed by atoms with Gasteiger partial charge in [-0.3, -0.25) is 4.90 Å². The molecule has 0 N–H and O–H groups in total. The fraction of sp³-hybridized carbons (Fsp3) is 0.273. The van der Waals surface area contributed by atoms with Gasteiger partial charge in [-0.2, -0.15) is 0 Å². The topological polar surface area (TPSA) is 16.4 Å². The molecule has 0 saturated heterocycles. The van der Waals surface area contributed by atoms with E-state index in [9.17, 15) is 0 Å². The molecule has 122 valence electrons. The molecule has 2 aromatic carbocycles. The Balaban J connectivity index is 1.49. The van der Waals surface area contributed by atoms with Crippen LogP contribution in [0.5, 0.6) is 0 Å². The lowest BCUT2D eigenvalue weighted by Gasteiger charge is -2.34. The van der Waals surface area contributed by atoms with Crippen LogP contribution in [0.1, 0.15) is 28.2 Å². The van der Waals surface area contributed by atoms with Gasteiger partial charge in [-0.15, -0.1) is 0 Å². The first-order chi connectivity index (χ1) is 11.9. The average molecular weight is 317 g/mol. The van der Waals surface area contributed by atoms with E-state index in [4.69, 9.17) is 4.42 Å². The molecule has 1 atom stereocenters. The Labute approximate surface area is 143 Å². The maximum absolute atomic E-state index is 5.26. The lowest BCUT2D eigenvalue weighted by atomic mass is 9.86. The molecular formula is C22H23NO. The molecule has 0 bridgehead atoms. The molecule has 0 amide bonds. The molecule has 0 fully saturated rings. The molecule has 24 heavy (non-hydrogen) atoms. The number of fused-ring (bicyclic) bond motifs is 1. The molecule has 0 aliphatic carbocycles. The second kappa shape index (κ2) is 7.06. The van der Waals surface area contributed by atoms with Crippen molar-refractivity contribution in [2.75, 3.05) is 13.1 Å². The van der Waals surface area contributed by atoms with E-state index in [1.54, 1.807) is 6.26 Å². The van der Waals surface area contributed by atoms with Crippen molar-refractivity contribution in [1.29, 1.82) is 0 Å². The fourth-order valence-corrected chi connectivity index (χ4v) is 3.76. The van der Waals surface area contributed by atoms with Gasteiger partial charge in [-0.05, 0) is 41.2 Å². The number of rotatable bonds is 5. The van der Waals surface area contributed by atoms with Gasteiger partial charge in [0.2, 0.25) is 0 Å². The van der Waals surface area contributed by atoms with Gasteiger partial charge in [-0.25, -0.2) is 0 Å². The second-order valence-electron chi connectivity index (χ2n) is 6.70. The van der Waals surface area contributed by atoms with Crippen LogP contribution < -0.4 is 0 Å². The standard InChI is InChI=1S/C22H23NO/c1-2-6-18(7-3-1)10-12-23-15-20-8-4-5-9-22(20)21(16-23)14-19-11-13-24-17-19/h1-9,11,13,17,21H,10,12,14-16H2. The molecule has 3 aromatic rings. The molecule has 0 radical (unpaired) electrons.